The molecule has 7 aromatic carbocycles. The average molecular weight is 642 g/mol. The fourth-order valence-corrected chi connectivity index (χ4v) is 8.79. The first kappa shape index (κ1) is 26.1. The quantitative estimate of drug-likeness (QED) is 0.167. The molecular weight excluding hydrogens is 619 g/mol. The molecule has 0 amide bonds. The molecule has 0 saturated heterocycles. The van der Waals surface area contributed by atoms with E-state index in [9.17, 15) is 9.59 Å². The minimum atomic E-state index is 0.0242. The van der Waals surface area contributed by atoms with Crippen molar-refractivity contribution in [2.24, 2.45) is 0 Å². The Kier molecular flexibility index (Phi) is 4.67. The van der Waals surface area contributed by atoms with Gasteiger partial charge in [-0.15, -0.1) is 0 Å². The number of anilines is 3. The van der Waals surface area contributed by atoms with Crippen LogP contribution in [0.1, 0.15) is 0 Å². The first-order valence-electron chi connectivity index (χ1n) is 16.7. The minimum Gasteiger partial charge on any atom is -0.453 e. The lowest BCUT2D eigenvalue weighted by Crippen LogP contribution is -2.16. The molecule has 1 aliphatic heterocycles. The summed E-state index contributed by atoms with van der Waals surface area (Å²) in [4.78, 5) is 30.5. The topological polar surface area (TPSA) is 55.4 Å². The highest BCUT2D eigenvalue weighted by Gasteiger charge is 2.32. The summed E-state index contributed by atoms with van der Waals surface area (Å²) in [5, 5.41) is 6.74. The van der Waals surface area contributed by atoms with Crippen molar-refractivity contribution in [3.63, 3.8) is 0 Å². The number of aromatic nitrogens is 2. The van der Waals surface area contributed by atoms with Crippen molar-refractivity contribution in [3.05, 3.63) is 160 Å². The molecule has 11 aromatic rings. The van der Waals surface area contributed by atoms with Crippen LogP contribution >= 0.6 is 0 Å². The zero-order valence-corrected chi connectivity index (χ0v) is 26.3. The zero-order chi connectivity index (χ0) is 32.8. The third-order valence-electron chi connectivity index (χ3n) is 10.7. The highest BCUT2D eigenvalue weighted by molar-refractivity contribution is 6.32. The van der Waals surface area contributed by atoms with E-state index in [4.69, 9.17) is 4.74 Å². The van der Waals surface area contributed by atoms with E-state index in [0.717, 1.165) is 83.2 Å². The fourth-order valence-electron chi connectivity index (χ4n) is 8.79. The molecule has 12 rings (SSSR count). The SMILES string of the molecule is O=c1c2ccccc2n2c3cc4c(c(N5c6ccccc6Oc6ccccc65)c3c3cccc1c32)c1cccc2c(=O)c3ccccc3n4c21. The van der Waals surface area contributed by atoms with Crippen LogP contribution in [0.4, 0.5) is 17.1 Å². The van der Waals surface area contributed by atoms with Gasteiger partial charge in [0.05, 0.1) is 50.2 Å². The maximum absolute atomic E-state index is 14.1. The smallest absolute Gasteiger partial charge is 0.197 e. The molecule has 5 heterocycles. The van der Waals surface area contributed by atoms with Crippen LogP contribution in [0.25, 0.3) is 76.2 Å². The van der Waals surface area contributed by atoms with E-state index >= 15 is 0 Å². The average Bonchev–Trinajstić information content (AvgIpc) is 3.68. The maximum Gasteiger partial charge on any atom is 0.197 e. The van der Waals surface area contributed by atoms with Crippen LogP contribution in [0.15, 0.2) is 149 Å². The van der Waals surface area contributed by atoms with Gasteiger partial charge in [0, 0.05) is 43.1 Å². The molecule has 0 aliphatic carbocycles. The van der Waals surface area contributed by atoms with Crippen LogP contribution in [0.5, 0.6) is 11.5 Å². The van der Waals surface area contributed by atoms with Crippen molar-refractivity contribution in [1.82, 2.24) is 8.80 Å². The lowest BCUT2D eigenvalue weighted by molar-refractivity contribution is 0.477. The summed E-state index contributed by atoms with van der Waals surface area (Å²) in [5.74, 6) is 1.50. The third kappa shape index (κ3) is 2.97. The van der Waals surface area contributed by atoms with Crippen LogP contribution in [0, 0.1) is 0 Å². The monoisotopic (exact) mass is 641 g/mol. The minimum absolute atomic E-state index is 0.0242. The number of hydrogen-bond acceptors (Lipinski definition) is 4. The fraction of sp³-hybridized carbons (Fsp3) is 0. The summed E-state index contributed by atoms with van der Waals surface area (Å²) in [6, 6.07) is 46.4. The van der Waals surface area contributed by atoms with E-state index in [1.165, 1.54) is 0 Å². The second kappa shape index (κ2) is 8.95. The van der Waals surface area contributed by atoms with Gasteiger partial charge in [-0.25, -0.2) is 0 Å². The Balaban J connectivity index is 1.45. The lowest BCUT2D eigenvalue weighted by atomic mass is 10.0. The van der Waals surface area contributed by atoms with Gasteiger partial charge in [-0.1, -0.05) is 72.8 Å². The van der Waals surface area contributed by atoms with Crippen molar-refractivity contribution in [2.45, 2.75) is 0 Å². The van der Waals surface area contributed by atoms with Crippen molar-refractivity contribution in [2.75, 3.05) is 4.90 Å². The number of nitrogens with zero attached hydrogens (tertiary/aromatic N) is 3. The van der Waals surface area contributed by atoms with Crippen LogP contribution in [-0.2, 0) is 0 Å². The van der Waals surface area contributed by atoms with Gasteiger partial charge < -0.3 is 18.4 Å². The predicted molar refractivity (Wildman–Crippen MR) is 203 cm³/mol. The van der Waals surface area contributed by atoms with E-state index < -0.39 is 0 Å². The molecule has 1 aliphatic rings. The molecule has 232 valence electrons. The lowest BCUT2D eigenvalue weighted by Gasteiger charge is -2.33. The van der Waals surface area contributed by atoms with Crippen LogP contribution in [0.2, 0.25) is 0 Å². The summed E-state index contributed by atoms with van der Waals surface area (Å²) >= 11 is 0. The first-order chi connectivity index (χ1) is 24.7. The number of hydrogen-bond donors (Lipinski definition) is 0. The molecular formula is C44H23N3O3. The number of benzene rings is 7. The zero-order valence-electron chi connectivity index (χ0n) is 26.3. The summed E-state index contributed by atoms with van der Waals surface area (Å²) in [6.45, 7) is 0. The van der Waals surface area contributed by atoms with E-state index in [1.54, 1.807) is 0 Å². The highest BCUT2D eigenvalue weighted by atomic mass is 16.5. The summed E-state index contributed by atoms with van der Waals surface area (Å²) in [6.07, 6.45) is 0. The third-order valence-corrected chi connectivity index (χ3v) is 10.7. The Labute approximate surface area is 282 Å². The second-order valence-electron chi connectivity index (χ2n) is 13.2. The summed E-state index contributed by atoms with van der Waals surface area (Å²) < 4.78 is 11.1. The highest BCUT2D eigenvalue weighted by Crippen LogP contribution is 2.56. The standard InChI is InChI=1S/C44H23N3O3/c48-43-24-11-1-3-17-30(24)45-34-23-35-39(27-14-10-16-29-41(27)46(35)31-18-4-2-12-25(31)44(29)49)42(38(34)26-13-9-15-28(43)40(26)45)47-32-19-5-7-21-36(32)50-37-22-8-6-20-33(37)47/h1-23H. The number of rotatable bonds is 1. The molecule has 0 spiro atoms. The van der Waals surface area contributed by atoms with Gasteiger partial charge in [0.15, 0.2) is 22.4 Å². The van der Waals surface area contributed by atoms with Gasteiger partial charge in [0.1, 0.15) is 0 Å². The van der Waals surface area contributed by atoms with Gasteiger partial charge in [0.2, 0.25) is 0 Å². The van der Waals surface area contributed by atoms with E-state index in [-0.39, 0.29) is 10.9 Å². The molecule has 0 bridgehead atoms. The summed E-state index contributed by atoms with van der Waals surface area (Å²) in [5.41, 5.74) is 8.30. The van der Waals surface area contributed by atoms with Crippen molar-refractivity contribution in [3.8, 4) is 11.5 Å². The van der Waals surface area contributed by atoms with E-state index in [2.05, 4.69) is 44.0 Å². The molecule has 6 nitrogen and oxygen atoms in total. The molecule has 6 heteroatoms. The van der Waals surface area contributed by atoms with Gasteiger partial charge in [0.25, 0.3) is 0 Å². The van der Waals surface area contributed by atoms with Crippen molar-refractivity contribution in [1.29, 1.82) is 0 Å². The van der Waals surface area contributed by atoms with Gasteiger partial charge >= 0.3 is 0 Å². The van der Waals surface area contributed by atoms with E-state index in [0.29, 0.717) is 21.5 Å². The number of pyridine rings is 2. The molecule has 0 fully saturated rings. The Morgan fingerprint density at radius 1 is 0.400 bits per heavy atom. The van der Waals surface area contributed by atoms with Gasteiger partial charge in [-0.3, -0.25) is 9.59 Å². The number of fused-ring (bicyclic) bond motifs is 12. The number of ether oxygens (including phenoxy) is 1. The summed E-state index contributed by atoms with van der Waals surface area (Å²) in [7, 11) is 0. The Hall–Kier alpha value is -6.92. The molecule has 0 atom stereocenters. The Bertz CT molecular complexity index is 3190. The van der Waals surface area contributed by atoms with Crippen molar-refractivity contribution >= 4 is 93.3 Å². The molecule has 4 aromatic heterocycles. The number of para-hydroxylation sites is 8. The van der Waals surface area contributed by atoms with Gasteiger partial charge in [-0.2, -0.15) is 0 Å². The van der Waals surface area contributed by atoms with Crippen LogP contribution < -0.4 is 20.5 Å². The predicted octanol–water partition coefficient (Wildman–Crippen LogP) is 10.3. The molecule has 50 heavy (non-hydrogen) atoms. The Morgan fingerprint density at radius 3 is 1.34 bits per heavy atom. The van der Waals surface area contributed by atoms with Crippen LogP contribution in [-0.4, -0.2) is 8.80 Å². The molecule has 0 saturated carbocycles. The first-order valence-corrected chi connectivity index (χ1v) is 16.7. The van der Waals surface area contributed by atoms with E-state index in [1.807, 2.05) is 109 Å². The van der Waals surface area contributed by atoms with Crippen molar-refractivity contribution < 1.29 is 4.74 Å². The normalized spacial score (nSPS) is 13.1. The van der Waals surface area contributed by atoms with Crippen LogP contribution in [0.3, 0.4) is 0 Å². The molecule has 0 radical (unpaired) electrons. The second-order valence-corrected chi connectivity index (χ2v) is 13.2. The maximum atomic E-state index is 14.1. The molecule has 0 unspecified atom stereocenters. The molecule has 0 N–H and O–H groups in total. The van der Waals surface area contributed by atoms with Gasteiger partial charge in [-0.05, 0) is 66.7 Å². The largest absolute Gasteiger partial charge is 0.453 e. The Morgan fingerprint density at radius 2 is 0.820 bits per heavy atom.